The molecule has 1 nitrogen and oxygen atoms in total. The van der Waals surface area contributed by atoms with Gasteiger partial charge in [-0.05, 0) is 0 Å². The standard InChI is InChI=1S/C7H4F3O.FH.Mg/c8-7(9,10)11-6-4-2-1-3-5-6;;/h2-5H;1H;/q-1;;+2/p-1. The van der Waals surface area contributed by atoms with E-state index in [1.165, 1.54) is 24.3 Å². The van der Waals surface area contributed by atoms with Gasteiger partial charge in [-0.2, -0.15) is 18.2 Å². The average molecular weight is 204 g/mol. The van der Waals surface area contributed by atoms with E-state index in [0.29, 0.717) is 0 Å². The van der Waals surface area contributed by atoms with Crippen LogP contribution in [-0.4, -0.2) is 29.4 Å². The van der Waals surface area contributed by atoms with Gasteiger partial charge in [0.15, 0.2) is 0 Å². The maximum Gasteiger partial charge on any atom is 2.00 e. The van der Waals surface area contributed by atoms with Gasteiger partial charge in [-0.15, -0.1) is 25.3 Å². The van der Waals surface area contributed by atoms with Gasteiger partial charge in [0.05, 0.1) is 0 Å². The van der Waals surface area contributed by atoms with Crippen LogP contribution >= 0.6 is 0 Å². The third-order valence-electron chi connectivity index (χ3n) is 0.921. The van der Waals surface area contributed by atoms with E-state index in [9.17, 15) is 13.2 Å². The monoisotopic (exact) mass is 204 g/mol. The Morgan fingerprint density at radius 1 is 1.15 bits per heavy atom. The molecule has 0 aliphatic rings. The Balaban J connectivity index is 0. The molecule has 0 saturated heterocycles. The number of benzene rings is 1. The zero-order valence-electron chi connectivity index (χ0n) is 6.44. The van der Waals surface area contributed by atoms with Gasteiger partial charge in [0.2, 0.25) is 0 Å². The Labute approximate surface area is 88.4 Å². The van der Waals surface area contributed by atoms with Crippen molar-refractivity contribution in [2.45, 2.75) is 6.36 Å². The Kier molecular flexibility index (Phi) is 6.96. The fourth-order valence-corrected chi connectivity index (χ4v) is 0.573. The second kappa shape index (κ2) is 6.04. The average Bonchev–Trinajstić information content (AvgIpc) is 1.85. The van der Waals surface area contributed by atoms with Gasteiger partial charge in [0.1, 0.15) is 0 Å². The van der Waals surface area contributed by atoms with Crippen LogP contribution in [0.1, 0.15) is 0 Å². The molecule has 0 heterocycles. The second-order valence-electron chi connectivity index (χ2n) is 1.78. The number of hydrogen-bond acceptors (Lipinski definition) is 1. The van der Waals surface area contributed by atoms with E-state index in [-0.39, 0.29) is 33.5 Å². The predicted octanol–water partition coefficient (Wildman–Crippen LogP) is -0.991. The van der Waals surface area contributed by atoms with Gasteiger partial charge in [-0.3, -0.25) is 0 Å². The van der Waals surface area contributed by atoms with Crippen LogP contribution in [0.4, 0.5) is 13.2 Å². The summed E-state index contributed by atoms with van der Waals surface area (Å²) in [6.45, 7) is 0. The molecular formula is C7H4F4MgO. The fraction of sp³-hybridized carbons (Fsp3) is 0.143. The summed E-state index contributed by atoms with van der Waals surface area (Å²) in [5.74, 6) is -0.226. The smallest absolute Gasteiger partial charge is 1.00 e. The maximum atomic E-state index is 11.5. The van der Waals surface area contributed by atoms with Crippen molar-refractivity contribution in [1.82, 2.24) is 0 Å². The van der Waals surface area contributed by atoms with Crippen LogP contribution < -0.4 is 9.44 Å². The third kappa shape index (κ3) is 6.65. The summed E-state index contributed by atoms with van der Waals surface area (Å²) in [6, 6.07) is 7.64. The van der Waals surface area contributed by atoms with Crippen LogP contribution in [0.3, 0.4) is 0 Å². The first-order valence-electron chi connectivity index (χ1n) is 2.80. The van der Waals surface area contributed by atoms with E-state index < -0.39 is 6.36 Å². The minimum absolute atomic E-state index is 0. The quantitative estimate of drug-likeness (QED) is 0.324. The molecule has 0 spiro atoms. The van der Waals surface area contributed by atoms with Crippen molar-refractivity contribution in [2.75, 3.05) is 0 Å². The van der Waals surface area contributed by atoms with Crippen LogP contribution in [0.25, 0.3) is 0 Å². The van der Waals surface area contributed by atoms with Crippen molar-refractivity contribution in [1.29, 1.82) is 0 Å². The normalized spacial score (nSPS) is 9.46. The Bertz CT molecular complexity index is 224. The van der Waals surface area contributed by atoms with Crippen LogP contribution in [-0.2, 0) is 0 Å². The van der Waals surface area contributed by atoms with E-state index in [1.54, 1.807) is 0 Å². The van der Waals surface area contributed by atoms with Gasteiger partial charge in [0, 0.05) is 5.75 Å². The van der Waals surface area contributed by atoms with Crippen LogP contribution in [0, 0.1) is 6.07 Å². The minimum Gasteiger partial charge on any atom is -1.00 e. The van der Waals surface area contributed by atoms with Gasteiger partial charge < -0.3 is 9.44 Å². The number of rotatable bonds is 1. The Morgan fingerprint density at radius 3 is 2.00 bits per heavy atom. The van der Waals surface area contributed by atoms with Crippen LogP contribution in [0.15, 0.2) is 24.3 Å². The summed E-state index contributed by atoms with van der Waals surface area (Å²) >= 11 is 0. The molecule has 0 N–H and O–H groups in total. The molecule has 6 heteroatoms. The van der Waals surface area contributed by atoms with Crippen LogP contribution in [0.2, 0.25) is 0 Å². The van der Waals surface area contributed by atoms with Crippen molar-refractivity contribution in [3.8, 4) is 5.75 Å². The molecule has 68 valence electrons. The van der Waals surface area contributed by atoms with E-state index >= 15 is 0 Å². The van der Waals surface area contributed by atoms with Gasteiger partial charge >= 0.3 is 29.4 Å². The van der Waals surface area contributed by atoms with E-state index in [0.717, 1.165) is 0 Å². The molecule has 13 heavy (non-hydrogen) atoms. The number of halogens is 4. The molecule has 0 bridgehead atoms. The SMILES string of the molecule is FC(F)(F)Oc1cc[c-]cc1.[F-].[Mg+2]. The largest absolute Gasteiger partial charge is 2.00 e. The molecule has 0 aromatic heterocycles. The van der Waals surface area contributed by atoms with E-state index in [2.05, 4.69) is 10.8 Å². The minimum atomic E-state index is -4.61. The van der Waals surface area contributed by atoms with Gasteiger partial charge in [-0.25, -0.2) is 0 Å². The molecule has 0 radical (unpaired) electrons. The number of ether oxygens (including phenoxy) is 1. The summed E-state index contributed by atoms with van der Waals surface area (Å²) in [4.78, 5) is 0. The Morgan fingerprint density at radius 2 is 1.62 bits per heavy atom. The first-order valence-corrected chi connectivity index (χ1v) is 2.80. The van der Waals surface area contributed by atoms with Gasteiger partial charge in [-0.1, -0.05) is 0 Å². The zero-order chi connectivity index (χ0) is 8.32. The summed E-state index contributed by atoms with van der Waals surface area (Å²) in [7, 11) is 0. The molecule has 0 atom stereocenters. The third-order valence-corrected chi connectivity index (χ3v) is 0.921. The molecule has 1 aromatic carbocycles. The van der Waals surface area contributed by atoms with E-state index in [4.69, 9.17) is 0 Å². The summed E-state index contributed by atoms with van der Waals surface area (Å²) in [5.41, 5.74) is 0. The molecule has 0 aliphatic heterocycles. The van der Waals surface area contributed by atoms with Crippen molar-refractivity contribution in [2.24, 2.45) is 0 Å². The zero-order valence-corrected chi connectivity index (χ0v) is 7.85. The van der Waals surface area contributed by atoms with E-state index in [1.807, 2.05) is 0 Å². The second-order valence-corrected chi connectivity index (χ2v) is 1.78. The molecule has 0 unspecified atom stereocenters. The summed E-state index contributed by atoms with van der Waals surface area (Å²) in [5, 5.41) is 0. The van der Waals surface area contributed by atoms with Crippen molar-refractivity contribution < 1.29 is 22.6 Å². The molecule has 1 rings (SSSR count). The number of alkyl halides is 3. The first kappa shape index (κ1) is 15.0. The molecular weight excluding hydrogens is 200 g/mol. The topological polar surface area (TPSA) is 9.23 Å². The molecule has 0 fully saturated rings. The predicted molar refractivity (Wildman–Crippen MR) is 37.7 cm³/mol. The summed E-state index contributed by atoms with van der Waals surface area (Å²) < 4.78 is 38.1. The van der Waals surface area contributed by atoms with Crippen molar-refractivity contribution in [3.63, 3.8) is 0 Å². The van der Waals surface area contributed by atoms with Crippen molar-refractivity contribution in [3.05, 3.63) is 30.3 Å². The van der Waals surface area contributed by atoms with Crippen LogP contribution in [0.5, 0.6) is 5.75 Å². The maximum absolute atomic E-state index is 11.5. The fourth-order valence-electron chi connectivity index (χ4n) is 0.573. The van der Waals surface area contributed by atoms with Gasteiger partial charge in [0.25, 0.3) is 0 Å². The molecule has 0 amide bonds. The van der Waals surface area contributed by atoms with Crippen molar-refractivity contribution >= 4 is 23.1 Å². The Hall–Kier alpha value is -0.494. The summed E-state index contributed by atoms with van der Waals surface area (Å²) in [6.07, 6.45) is -4.61. The number of hydrogen-bond donors (Lipinski definition) is 0. The molecule has 1 aromatic rings. The molecule has 0 saturated carbocycles. The first-order chi connectivity index (χ1) is 5.08. The molecule has 0 aliphatic carbocycles.